The number of hydrogen-bond donors (Lipinski definition) is 2. The first kappa shape index (κ1) is 19.6. The lowest BCUT2D eigenvalue weighted by atomic mass is 9.84. The zero-order valence-corrected chi connectivity index (χ0v) is 18.5. The predicted molar refractivity (Wildman–Crippen MR) is 115 cm³/mol. The number of benzene rings is 2. The fraction of sp³-hybridized carbons (Fsp3) is 0.143. The summed E-state index contributed by atoms with van der Waals surface area (Å²) in [6.07, 6.45) is 0. The predicted octanol–water partition coefficient (Wildman–Crippen LogP) is 5.04. The van der Waals surface area contributed by atoms with Crippen molar-refractivity contribution in [2.45, 2.75) is 19.4 Å². The van der Waals surface area contributed by atoms with Crippen molar-refractivity contribution in [3.8, 4) is 17.7 Å². The van der Waals surface area contributed by atoms with Gasteiger partial charge in [0.05, 0.1) is 10.4 Å². The van der Waals surface area contributed by atoms with Crippen molar-refractivity contribution in [1.29, 1.82) is 5.26 Å². The van der Waals surface area contributed by atoms with Gasteiger partial charge >= 0.3 is 0 Å². The summed E-state index contributed by atoms with van der Waals surface area (Å²) in [4.78, 5) is 0. The molecule has 6 nitrogen and oxygen atoms in total. The van der Waals surface area contributed by atoms with Gasteiger partial charge in [0.1, 0.15) is 24.0 Å². The number of rotatable bonds is 4. The average molecular weight is 516 g/mol. The molecule has 29 heavy (non-hydrogen) atoms. The van der Waals surface area contributed by atoms with Crippen molar-refractivity contribution < 1.29 is 9.47 Å². The normalized spacial score (nSPS) is 15.4. The second kappa shape index (κ2) is 7.93. The average Bonchev–Trinajstić information content (AvgIpc) is 3.07. The molecule has 0 saturated carbocycles. The largest absolute Gasteiger partial charge is 0.488 e. The molecule has 4 rings (SSSR count). The molecule has 0 aliphatic carbocycles. The van der Waals surface area contributed by atoms with E-state index >= 15 is 0 Å². The quantitative estimate of drug-likeness (QED) is 0.507. The molecule has 3 aromatic rings. The standard InChI is InChI=1S/C21H16Br2N4O2/c1-11-18-19(15(9-24)20(25)29-21(18)27-26-11)13-4-7-17(16(23)8-13)28-10-12-2-5-14(22)6-3-12/h2-8,19H,10,25H2,1H3,(H,26,27). The molecule has 146 valence electrons. The van der Waals surface area contributed by atoms with Crippen molar-refractivity contribution in [3.63, 3.8) is 0 Å². The van der Waals surface area contributed by atoms with Gasteiger partial charge in [-0.1, -0.05) is 34.1 Å². The van der Waals surface area contributed by atoms with Gasteiger partial charge in [0.15, 0.2) is 0 Å². The Labute approximate surface area is 184 Å². The number of hydrogen-bond acceptors (Lipinski definition) is 5. The van der Waals surface area contributed by atoms with Crippen LogP contribution in [0.5, 0.6) is 11.6 Å². The van der Waals surface area contributed by atoms with Gasteiger partial charge in [-0.15, -0.1) is 5.10 Å². The molecule has 3 N–H and O–H groups in total. The van der Waals surface area contributed by atoms with E-state index in [1.807, 2.05) is 49.4 Å². The van der Waals surface area contributed by atoms with Crippen LogP contribution in [-0.2, 0) is 6.61 Å². The molecule has 1 aliphatic rings. The van der Waals surface area contributed by atoms with Crippen LogP contribution in [0.4, 0.5) is 0 Å². The van der Waals surface area contributed by atoms with E-state index in [-0.39, 0.29) is 11.8 Å². The van der Waals surface area contributed by atoms with Crippen LogP contribution in [0.25, 0.3) is 0 Å². The topological polar surface area (TPSA) is 97.0 Å². The summed E-state index contributed by atoms with van der Waals surface area (Å²) in [6.45, 7) is 2.34. The number of aromatic amines is 1. The molecule has 1 aliphatic heterocycles. The lowest BCUT2D eigenvalue weighted by molar-refractivity contribution is 0.304. The van der Waals surface area contributed by atoms with E-state index < -0.39 is 0 Å². The smallest absolute Gasteiger partial charge is 0.244 e. The third kappa shape index (κ3) is 3.76. The van der Waals surface area contributed by atoms with Crippen LogP contribution in [0.15, 0.2) is 62.9 Å². The van der Waals surface area contributed by atoms with E-state index in [4.69, 9.17) is 15.2 Å². The maximum atomic E-state index is 9.66. The minimum atomic E-state index is -0.362. The molecular formula is C21H16Br2N4O2. The first-order valence-electron chi connectivity index (χ1n) is 8.77. The van der Waals surface area contributed by atoms with Crippen LogP contribution in [0.1, 0.15) is 28.3 Å². The molecule has 0 fully saturated rings. The number of fused-ring (bicyclic) bond motifs is 1. The molecule has 0 bridgehead atoms. The van der Waals surface area contributed by atoms with E-state index in [0.29, 0.717) is 23.8 Å². The van der Waals surface area contributed by atoms with Crippen LogP contribution < -0.4 is 15.2 Å². The third-order valence-electron chi connectivity index (χ3n) is 4.73. The van der Waals surface area contributed by atoms with Gasteiger partial charge in [0, 0.05) is 15.7 Å². The second-order valence-electron chi connectivity index (χ2n) is 6.60. The van der Waals surface area contributed by atoms with Crippen molar-refractivity contribution in [2.24, 2.45) is 5.73 Å². The zero-order chi connectivity index (χ0) is 20.5. The number of ether oxygens (including phenoxy) is 2. The lowest BCUT2D eigenvalue weighted by Crippen LogP contribution is -2.21. The number of nitriles is 1. The fourth-order valence-corrected chi connectivity index (χ4v) is 4.06. The van der Waals surface area contributed by atoms with Gasteiger partial charge in [0.25, 0.3) is 0 Å². The number of nitrogens with one attached hydrogen (secondary N) is 1. The van der Waals surface area contributed by atoms with Crippen LogP contribution >= 0.6 is 31.9 Å². The lowest BCUT2D eigenvalue weighted by Gasteiger charge is -2.24. The Bertz CT molecular complexity index is 1150. The number of allylic oxidation sites excluding steroid dienone is 1. The number of H-pyrrole nitrogens is 1. The maximum Gasteiger partial charge on any atom is 0.244 e. The molecule has 8 heteroatoms. The Morgan fingerprint density at radius 2 is 2.00 bits per heavy atom. The van der Waals surface area contributed by atoms with Gasteiger partial charge in [-0.3, -0.25) is 5.10 Å². The van der Waals surface area contributed by atoms with Crippen LogP contribution in [0, 0.1) is 18.3 Å². The van der Waals surface area contributed by atoms with Crippen LogP contribution in [-0.4, -0.2) is 10.2 Å². The molecular weight excluding hydrogens is 500 g/mol. The number of aryl methyl sites for hydroxylation is 1. The minimum Gasteiger partial charge on any atom is -0.488 e. The maximum absolute atomic E-state index is 9.66. The molecule has 0 spiro atoms. The molecule has 1 unspecified atom stereocenters. The van der Waals surface area contributed by atoms with Gasteiger partial charge in [0.2, 0.25) is 11.8 Å². The Balaban J connectivity index is 1.64. The Morgan fingerprint density at radius 1 is 1.24 bits per heavy atom. The van der Waals surface area contributed by atoms with Crippen molar-refractivity contribution in [2.75, 3.05) is 0 Å². The summed E-state index contributed by atoms with van der Waals surface area (Å²) < 4.78 is 13.3. The van der Waals surface area contributed by atoms with Gasteiger partial charge < -0.3 is 15.2 Å². The van der Waals surface area contributed by atoms with E-state index in [9.17, 15) is 5.26 Å². The molecule has 0 saturated heterocycles. The van der Waals surface area contributed by atoms with Crippen LogP contribution in [0.2, 0.25) is 0 Å². The van der Waals surface area contributed by atoms with Gasteiger partial charge in [-0.2, -0.15) is 5.26 Å². The van der Waals surface area contributed by atoms with Gasteiger partial charge in [-0.25, -0.2) is 0 Å². The number of aromatic nitrogens is 2. The Morgan fingerprint density at radius 3 is 2.69 bits per heavy atom. The van der Waals surface area contributed by atoms with E-state index in [1.165, 1.54) is 0 Å². The summed E-state index contributed by atoms with van der Waals surface area (Å²) in [5, 5.41) is 16.7. The minimum absolute atomic E-state index is 0.0724. The number of nitrogens with zero attached hydrogens (tertiary/aromatic N) is 2. The second-order valence-corrected chi connectivity index (χ2v) is 8.37. The summed E-state index contributed by atoms with van der Waals surface area (Å²) in [5.74, 6) is 0.821. The molecule has 1 aromatic heterocycles. The molecule has 1 atom stereocenters. The molecule has 0 amide bonds. The number of nitrogens with two attached hydrogens (primary N) is 1. The molecule has 0 radical (unpaired) electrons. The summed E-state index contributed by atoms with van der Waals surface area (Å²) in [6, 6.07) is 15.9. The number of halogens is 2. The molecule has 2 heterocycles. The highest BCUT2D eigenvalue weighted by Crippen LogP contribution is 2.44. The highest BCUT2D eigenvalue weighted by atomic mass is 79.9. The van der Waals surface area contributed by atoms with E-state index in [1.54, 1.807) is 0 Å². The van der Waals surface area contributed by atoms with Crippen molar-refractivity contribution >= 4 is 31.9 Å². The molecule has 2 aromatic carbocycles. The first-order valence-corrected chi connectivity index (χ1v) is 10.4. The summed E-state index contributed by atoms with van der Waals surface area (Å²) in [5.41, 5.74) is 9.93. The zero-order valence-electron chi connectivity index (χ0n) is 15.4. The summed E-state index contributed by atoms with van der Waals surface area (Å²) >= 11 is 7.02. The summed E-state index contributed by atoms with van der Waals surface area (Å²) in [7, 11) is 0. The van der Waals surface area contributed by atoms with Crippen molar-refractivity contribution in [3.05, 3.63) is 85.3 Å². The van der Waals surface area contributed by atoms with E-state index in [2.05, 4.69) is 48.1 Å². The Kier molecular flexibility index (Phi) is 5.35. The van der Waals surface area contributed by atoms with Crippen molar-refractivity contribution in [1.82, 2.24) is 10.2 Å². The SMILES string of the molecule is Cc1[nH]nc2c1C(c1ccc(OCc3ccc(Br)cc3)c(Br)c1)C(C#N)=C(N)O2. The van der Waals surface area contributed by atoms with Gasteiger partial charge in [-0.05, 0) is 58.2 Å². The van der Waals surface area contributed by atoms with Crippen LogP contribution in [0.3, 0.4) is 0 Å². The first-order chi connectivity index (χ1) is 14.0. The monoisotopic (exact) mass is 514 g/mol. The fourth-order valence-electron chi connectivity index (χ4n) is 3.29. The van der Waals surface area contributed by atoms with E-state index in [0.717, 1.165) is 31.3 Å². The highest BCUT2D eigenvalue weighted by Gasteiger charge is 2.34. The third-order valence-corrected chi connectivity index (χ3v) is 5.87. The highest BCUT2D eigenvalue weighted by molar-refractivity contribution is 9.10. The Hall–Kier alpha value is -2.76.